The normalized spacial score (nSPS) is 23.8. The van der Waals surface area contributed by atoms with E-state index < -0.39 is 5.97 Å². The van der Waals surface area contributed by atoms with Crippen LogP contribution in [0, 0.1) is 0 Å². The van der Waals surface area contributed by atoms with E-state index in [0.29, 0.717) is 23.7 Å². The summed E-state index contributed by atoms with van der Waals surface area (Å²) in [6.07, 6.45) is 0. The van der Waals surface area contributed by atoms with Crippen molar-refractivity contribution in [2.24, 2.45) is 5.73 Å². The number of esters is 1. The fraction of sp³-hybridized carbons (Fsp3) is 0.500. The standard InChI is InChI=1S/C18H23N3O3S/c1-6-24-15(22)11-8-7-9-12(10-11)20-14(19)13-17(2,3)25-18(4,5)21(13)16(20)23/h7-10,13,19H,6H2,1-5H3/p+1. The van der Waals surface area contributed by atoms with Gasteiger partial charge in [0.1, 0.15) is 10.6 Å². The first-order valence-electron chi connectivity index (χ1n) is 8.33. The smallest absolute Gasteiger partial charge is 0.445 e. The highest BCUT2D eigenvalue weighted by Crippen LogP contribution is 2.53. The molecule has 6 nitrogen and oxygen atoms in total. The molecule has 2 N–H and O–H groups in total. The molecule has 1 aromatic rings. The second kappa shape index (κ2) is 5.76. The number of ether oxygens (including phenoxy) is 1. The van der Waals surface area contributed by atoms with E-state index in [2.05, 4.69) is 13.8 Å². The van der Waals surface area contributed by atoms with Gasteiger partial charge in [-0.05, 0) is 52.8 Å². The van der Waals surface area contributed by atoms with Crippen molar-refractivity contribution in [1.29, 1.82) is 0 Å². The quantitative estimate of drug-likeness (QED) is 0.661. The number of urea groups is 1. The molecule has 0 saturated carbocycles. The largest absolute Gasteiger partial charge is 0.462 e. The van der Waals surface area contributed by atoms with Crippen LogP contribution in [0.1, 0.15) is 45.0 Å². The fourth-order valence-corrected chi connectivity index (χ4v) is 5.69. The summed E-state index contributed by atoms with van der Waals surface area (Å²) in [7, 11) is 0. The SMILES string of the molecule is CCOC(=O)c1cccc([N+]2=C(N)C3N(C2=O)C(C)(C)SC3(C)C)c1. The molecule has 2 aliphatic rings. The Labute approximate surface area is 152 Å². The molecular formula is C18H24N3O3S+. The Morgan fingerprint density at radius 3 is 2.64 bits per heavy atom. The predicted octanol–water partition coefficient (Wildman–Crippen LogP) is 2.93. The van der Waals surface area contributed by atoms with Crippen LogP contribution in [0.2, 0.25) is 0 Å². The number of nitrogens with zero attached hydrogens (tertiary/aromatic N) is 2. The first-order valence-corrected chi connectivity index (χ1v) is 9.15. The predicted molar refractivity (Wildman–Crippen MR) is 98.3 cm³/mol. The Morgan fingerprint density at radius 2 is 2.04 bits per heavy atom. The molecule has 25 heavy (non-hydrogen) atoms. The third kappa shape index (κ3) is 2.70. The lowest BCUT2D eigenvalue weighted by Crippen LogP contribution is -2.49. The number of carbonyl (C=O) groups excluding carboxylic acids is 2. The van der Waals surface area contributed by atoms with E-state index in [4.69, 9.17) is 10.5 Å². The summed E-state index contributed by atoms with van der Waals surface area (Å²) in [4.78, 5) is 26.6. The average Bonchev–Trinajstić information content (AvgIpc) is 2.89. The van der Waals surface area contributed by atoms with E-state index in [-0.39, 0.29) is 21.7 Å². The van der Waals surface area contributed by atoms with Gasteiger partial charge in [0, 0.05) is 0 Å². The molecule has 0 aromatic heterocycles. The Hall–Kier alpha value is -2.02. The topological polar surface area (TPSA) is 75.6 Å². The van der Waals surface area contributed by atoms with Crippen LogP contribution in [-0.4, -0.2) is 49.6 Å². The number of amides is 2. The Balaban J connectivity index is 2.07. The lowest BCUT2D eigenvalue weighted by molar-refractivity contribution is -0.334. The lowest BCUT2D eigenvalue weighted by Gasteiger charge is -2.24. The molecule has 7 heteroatoms. The number of fused-ring (bicyclic) bond motifs is 1. The summed E-state index contributed by atoms with van der Waals surface area (Å²) in [6.45, 7) is 10.3. The minimum Gasteiger partial charge on any atom is -0.462 e. The summed E-state index contributed by atoms with van der Waals surface area (Å²) >= 11 is 1.74. The maximum absolute atomic E-state index is 13.1. The van der Waals surface area contributed by atoms with E-state index in [1.807, 2.05) is 18.7 Å². The molecule has 0 aliphatic carbocycles. The molecule has 1 aromatic carbocycles. The van der Waals surface area contributed by atoms with E-state index in [1.54, 1.807) is 43.0 Å². The number of benzene rings is 1. The van der Waals surface area contributed by atoms with Crippen molar-refractivity contribution in [3.63, 3.8) is 0 Å². The van der Waals surface area contributed by atoms with Gasteiger partial charge in [0.05, 0.1) is 16.9 Å². The fourth-order valence-electron chi connectivity index (χ4n) is 3.79. The minimum atomic E-state index is -0.411. The van der Waals surface area contributed by atoms with Crippen molar-refractivity contribution in [2.75, 3.05) is 6.61 Å². The van der Waals surface area contributed by atoms with Gasteiger partial charge < -0.3 is 10.5 Å². The average molecular weight is 362 g/mol. The van der Waals surface area contributed by atoms with Crippen molar-refractivity contribution in [3.8, 4) is 0 Å². The molecule has 1 saturated heterocycles. The molecule has 134 valence electrons. The Kier molecular flexibility index (Phi) is 4.10. The highest BCUT2D eigenvalue weighted by molar-refractivity contribution is 8.02. The van der Waals surface area contributed by atoms with E-state index in [1.165, 1.54) is 4.58 Å². The zero-order valence-corrected chi connectivity index (χ0v) is 16.0. The molecule has 1 unspecified atom stereocenters. The van der Waals surface area contributed by atoms with Gasteiger partial charge >= 0.3 is 12.0 Å². The molecule has 2 heterocycles. The van der Waals surface area contributed by atoms with Gasteiger partial charge in [-0.3, -0.25) is 0 Å². The van der Waals surface area contributed by atoms with Crippen LogP contribution in [-0.2, 0) is 4.74 Å². The zero-order chi connectivity index (χ0) is 18.6. The summed E-state index contributed by atoms with van der Waals surface area (Å²) in [5.41, 5.74) is 7.40. The van der Waals surface area contributed by atoms with Crippen LogP contribution < -0.4 is 5.73 Å². The van der Waals surface area contributed by atoms with Crippen molar-refractivity contribution in [2.45, 2.75) is 50.3 Å². The van der Waals surface area contributed by atoms with Gasteiger partial charge in [-0.1, -0.05) is 6.07 Å². The number of rotatable bonds is 3. The molecule has 0 bridgehead atoms. The first-order chi connectivity index (χ1) is 11.6. The maximum Gasteiger partial charge on any atom is 0.445 e. The molecule has 2 aliphatic heterocycles. The second-order valence-electron chi connectivity index (χ2n) is 7.24. The summed E-state index contributed by atoms with van der Waals surface area (Å²) in [5.74, 6) is 0.0837. The summed E-state index contributed by atoms with van der Waals surface area (Å²) in [6, 6.07) is 6.48. The van der Waals surface area contributed by atoms with Crippen molar-refractivity contribution in [3.05, 3.63) is 29.8 Å². The number of amidine groups is 1. The van der Waals surface area contributed by atoms with Crippen LogP contribution in [0.5, 0.6) is 0 Å². The number of hydrogen-bond donors (Lipinski definition) is 1. The molecule has 3 rings (SSSR count). The van der Waals surface area contributed by atoms with Crippen molar-refractivity contribution >= 4 is 35.3 Å². The van der Waals surface area contributed by atoms with Crippen LogP contribution in [0.4, 0.5) is 10.5 Å². The van der Waals surface area contributed by atoms with E-state index >= 15 is 0 Å². The molecule has 0 radical (unpaired) electrons. The number of carbonyl (C=O) groups is 2. The summed E-state index contributed by atoms with van der Waals surface area (Å²) < 4.78 is 6.36. The number of nitrogens with two attached hydrogens (primary N) is 1. The maximum atomic E-state index is 13.1. The first kappa shape index (κ1) is 17.8. The molecular weight excluding hydrogens is 338 g/mol. The van der Waals surface area contributed by atoms with Gasteiger partial charge in [0.25, 0.3) is 0 Å². The minimum absolute atomic E-state index is 0.161. The van der Waals surface area contributed by atoms with Crippen LogP contribution in [0.15, 0.2) is 24.3 Å². The van der Waals surface area contributed by atoms with Gasteiger partial charge in [-0.25, -0.2) is 14.5 Å². The Morgan fingerprint density at radius 1 is 1.36 bits per heavy atom. The van der Waals surface area contributed by atoms with Crippen LogP contribution >= 0.6 is 11.8 Å². The highest BCUT2D eigenvalue weighted by Gasteiger charge is 2.65. The molecule has 1 atom stereocenters. The highest BCUT2D eigenvalue weighted by atomic mass is 32.2. The lowest BCUT2D eigenvalue weighted by atomic mass is 10.0. The van der Waals surface area contributed by atoms with Crippen molar-refractivity contribution < 1.29 is 18.9 Å². The zero-order valence-electron chi connectivity index (χ0n) is 15.2. The number of thioether (sulfide) groups is 1. The van der Waals surface area contributed by atoms with E-state index in [0.717, 1.165) is 0 Å². The van der Waals surface area contributed by atoms with Gasteiger partial charge in [0.15, 0.2) is 6.04 Å². The van der Waals surface area contributed by atoms with Crippen molar-refractivity contribution in [1.82, 2.24) is 4.90 Å². The van der Waals surface area contributed by atoms with Gasteiger partial charge in [0.2, 0.25) is 5.84 Å². The summed E-state index contributed by atoms with van der Waals surface area (Å²) in [5, 5.41) is 0. The molecule has 1 fully saturated rings. The third-order valence-corrected chi connectivity index (χ3v) is 6.01. The number of hydrogen-bond acceptors (Lipinski definition) is 5. The monoisotopic (exact) mass is 362 g/mol. The molecule has 0 spiro atoms. The van der Waals surface area contributed by atoms with Crippen LogP contribution in [0.3, 0.4) is 0 Å². The van der Waals surface area contributed by atoms with Crippen LogP contribution in [0.25, 0.3) is 0 Å². The molecule has 2 amide bonds. The second-order valence-corrected chi connectivity index (χ2v) is 9.49. The van der Waals surface area contributed by atoms with Gasteiger partial charge in [-0.2, -0.15) is 4.58 Å². The van der Waals surface area contributed by atoms with E-state index in [9.17, 15) is 9.59 Å². The third-order valence-electron chi connectivity index (χ3n) is 4.56. The van der Waals surface area contributed by atoms with Gasteiger partial charge in [-0.15, -0.1) is 11.8 Å². The Bertz CT molecular complexity index is 786.